The third kappa shape index (κ3) is 2.81. The summed E-state index contributed by atoms with van der Waals surface area (Å²) in [5.74, 6) is -1.33. The SMILES string of the molecule is Cc1ccc(-n2nc(C)c(/C=C3\C(=O)NC(=O)N(C)C3=O)c2C)cc1C. The van der Waals surface area contributed by atoms with Gasteiger partial charge in [-0.3, -0.25) is 19.8 Å². The predicted molar refractivity (Wildman–Crippen MR) is 96.8 cm³/mol. The van der Waals surface area contributed by atoms with Gasteiger partial charge in [0.1, 0.15) is 5.57 Å². The molecule has 0 unspecified atom stereocenters. The van der Waals surface area contributed by atoms with E-state index in [1.807, 2.05) is 45.9 Å². The zero-order chi connectivity index (χ0) is 19.2. The monoisotopic (exact) mass is 352 g/mol. The van der Waals surface area contributed by atoms with Gasteiger partial charge in [-0.25, -0.2) is 9.48 Å². The maximum atomic E-state index is 12.3. The van der Waals surface area contributed by atoms with Gasteiger partial charge in [0.05, 0.1) is 11.4 Å². The zero-order valence-electron chi connectivity index (χ0n) is 15.4. The number of likely N-dealkylation sites (N-methyl/N-ethyl adjacent to an activating group) is 1. The lowest BCUT2D eigenvalue weighted by Crippen LogP contribution is -2.52. The number of aromatic nitrogens is 2. The van der Waals surface area contributed by atoms with E-state index in [0.29, 0.717) is 11.3 Å². The van der Waals surface area contributed by atoms with E-state index in [9.17, 15) is 14.4 Å². The van der Waals surface area contributed by atoms with Crippen molar-refractivity contribution in [1.82, 2.24) is 20.0 Å². The van der Waals surface area contributed by atoms with Crippen LogP contribution in [0.25, 0.3) is 11.8 Å². The van der Waals surface area contributed by atoms with Crippen LogP contribution >= 0.6 is 0 Å². The van der Waals surface area contributed by atoms with Gasteiger partial charge < -0.3 is 0 Å². The van der Waals surface area contributed by atoms with Crippen LogP contribution in [0.4, 0.5) is 4.79 Å². The second-order valence-corrected chi connectivity index (χ2v) is 6.45. The highest BCUT2D eigenvalue weighted by molar-refractivity contribution is 6.30. The number of urea groups is 1. The molecular formula is C19H20N4O3. The maximum absolute atomic E-state index is 12.3. The van der Waals surface area contributed by atoms with E-state index < -0.39 is 17.8 Å². The van der Waals surface area contributed by atoms with Crippen LogP contribution in [0.1, 0.15) is 28.1 Å². The Balaban J connectivity index is 2.08. The van der Waals surface area contributed by atoms with Crippen molar-refractivity contribution in [3.05, 3.63) is 51.9 Å². The molecule has 1 N–H and O–H groups in total. The lowest BCUT2D eigenvalue weighted by atomic mass is 10.1. The van der Waals surface area contributed by atoms with Crippen LogP contribution in [-0.4, -0.2) is 39.6 Å². The Morgan fingerprint density at radius 2 is 1.73 bits per heavy atom. The highest BCUT2D eigenvalue weighted by Gasteiger charge is 2.33. The summed E-state index contributed by atoms with van der Waals surface area (Å²) in [6.07, 6.45) is 1.50. The number of barbiturate groups is 1. The third-order valence-corrected chi connectivity index (χ3v) is 4.68. The second kappa shape index (κ2) is 6.25. The number of nitrogens with one attached hydrogen (secondary N) is 1. The normalized spacial score (nSPS) is 16.4. The van der Waals surface area contributed by atoms with Crippen molar-refractivity contribution >= 4 is 23.9 Å². The molecule has 0 aliphatic carbocycles. The minimum atomic E-state index is -0.726. The van der Waals surface area contributed by atoms with Crippen LogP contribution in [-0.2, 0) is 9.59 Å². The van der Waals surface area contributed by atoms with Crippen molar-refractivity contribution in [2.45, 2.75) is 27.7 Å². The van der Waals surface area contributed by atoms with E-state index in [1.165, 1.54) is 18.7 Å². The molecule has 0 bridgehead atoms. The number of carbonyl (C=O) groups excluding carboxylic acids is 3. The van der Waals surface area contributed by atoms with Gasteiger partial charge in [-0.15, -0.1) is 0 Å². The van der Waals surface area contributed by atoms with Crippen molar-refractivity contribution in [2.75, 3.05) is 7.05 Å². The molecule has 4 amide bonds. The number of rotatable bonds is 2. The highest BCUT2D eigenvalue weighted by Crippen LogP contribution is 2.23. The number of benzene rings is 1. The van der Waals surface area contributed by atoms with Gasteiger partial charge in [-0.1, -0.05) is 6.07 Å². The Labute approximate surface area is 151 Å². The van der Waals surface area contributed by atoms with Crippen molar-refractivity contribution in [3.63, 3.8) is 0 Å². The van der Waals surface area contributed by atoms with E-state index in [0.717, 1.165) is 21.8 Å². The molecule has 3 rings (SSSR count). The first-order valence-electron chi connectivity index (χ1n) is 8.19. The largest absolute Gasteiger partial charge is 0.331 e. The van der Waals surface area contributed by atoms with Crippen LogP contribution in [0.2, 0.25) is 0 Å². The van der Waals surface area contributed by atoms with Crippen molar-refractivity contribution < 1.29 is 14.4 Å². The van der Waals surface area contributed by atoms with Crippen LogP contribution in [0.3, 0.4) is 0 Å². The lowest BCUT2D eigenvalue weighted by molar-refractivity contribution is -0.129. The molecule has 134 valence electrons. The molecule has 1 aliphatic heterocycles. The first-order chi connectivity index (χ1) is 12.2. The first kappa shape index (κ1) is 17.6. The van der Waals surface area contributed by atoms with Gasteiger partial charge in [0.15, 0.2) is 0 Å². The standard InChI is InChI=1S/C19H20N4O3/c1-10-6-7-14(8-11(10)2)23-13(4)15(12(3)21-23)9-16-17(24)20-19(26)22(5)18(16)25/h6-9H,1-5H3,(H,20,24,26)/b16-9+. The summed E-state index contributed by atoms with van der Waals surface area (Å²) < 4.78 is 1.79. The molecule has 1 saturated heterocycles. The van der Waals surface area contributed by atoms with Crippen molar-refractivity contribution in [2.24, 2.45) is 0 Å². The number of hydrogen-bond acceptors (Lipinski definition) is 4. The molecule has 1 fully saturated rings. The first-order valence-corrected chi connectivity index (χ1v) is 8.19. The molecule has 7 heteroatoms. The summed E-state index contributed by atoms with van der Waals surface area (Å²) in [6.45, 7) is 7.77. The number of hydrogen-bond donors (Lipinski definition) is 1. The summed E-state index contributed by atoms with van der Waals surface area (Å²) in [5, 5.41) is 6.70. The van der Waals surface area contributed by atoms with Gasteiger partial charge >= 0.3 is 6.03 Å². The quantitative estimate of drug-likeness (QED) is 0.663. The number of amides is 4. The molecule has 0 saturated carbocycles. The summed E-state index contributed by atoms with van der Waals surface area (Å²) in [5.41, 5.74) is 5.34. The molecule has 7 nitrogen and oxygen atoms in total. The number of nitrogens with zero attached hydrogens (tertiary/aromatic N) is 3. The van der Waals surface area contributed by atoms with Crippen molar-refractivity contribution in [1.29, 1.82) is 0 Å². The molecule has 0 spiro atoms. The van der Waals surface area contributed by atoms with E-state index in [1.54, 1.807) is 4.68 Å². The Bertz CT molecular complexity index is 985. The summed E-state index contributed by atoms with van der Waals surface area (Å²) in [4.78, 5) is 36.8. The fourth-order valence-corrected chi connectivity index (χ4v) is 2.86. The topological polar surface area (TPSA) is 84.3 Å². The van der Waals surface area contributed by atoms with Gasteiger partial charge in [-0.2, -0.15) is 5.10 Å². The highest BCUT2D eigenvalue weighted by atomic mass is 16.2. The van der Waals surface area contributed by atoms with Crippen molar-refractivity contribution in [3.8, 4) is 5.69 Å². The van der Waals surface area contributed by atoms with Crippen LogP contribution in [0.5, 0.6) is 0 Å². The van der Waals surface area contributed by atoms with E-state index in [2.05, 4.69) is 10.4 Å². The van der Waals surface area contributed by atoms with E-state index in [4.69, 9.17) is 0 Å². The zero-order valence-corrected chi connectivity index (χ0v) is 15.4. The Kier molecular flexibility index (Phi) is 4.23. The van der Waals surface area contributed by atoms with Gasteiger partial charge in [0.2, 0.25) is 0 Å². The molecule has 26 heavy (non-hydrogen) atoms. The Morgan fingerprint density at radius 3 is 2.38 bits per heavy atom. The molecule has 2 aromatic rings. The van der Waals surface area contributed by atoms with E-state index >= 15 is 0 Å². The average molecular weight is 352 g/mol. The van der Waals surface area contributed by atoms with Gasteiger partial charge in [0.25, 0.3) is 11.8 Å². The number of imide groups is 2. The molecule has 0 radical (unpaired) electrons. The molecule has 0 atom stereocenters. The molecule has 1 aliphatic rings. The van der Waals surface area contributed by atoms with Crippen LogP contribution in [0, 0.1) is 27.7 Å². The smallest absolute Gasteiger partial charge is 0.273 e. The lowest BCUT2D eigenvalue weighted by Gasteiger charge is -2.22. The van der Waals surface area contributed by atoms with Crippen LogP contribution < -0.4 is 5.32 Å². The second-order valence-electron chi connectivity index (χ2n) is 6.45. The minimum Gasteiger partial charge on any atom is -0.273 e. The molecule has 1 aromatic carbocycles. The fourth-order valence-electron chi connectivity index (χ4n) is 2.86. The molecule has 2 heterocycles. The number of aryl methyl sites for hydroxylation is 3. The maximum Gasteiger partial charge on any atom is 0.331 e. The van der Waals surface area contributed by atoms with Crippen LogP contribution in [0.15, 0.2) is 23.8 Å². The average Bonchev–Trinajstić information content (AvgIpc) is 2.87. The van der Waals surface area contributed by atoms with Gasteiger partial charge in [0, 0.05) is 18.3 Å². The van der Waals surface area contributed by atoms with E-state index in [-0.39, 0.29) is 5.57 Å². The minimum absolute atomic E-state index is 0.0852. The molecular weight excluding hydrogens is 332 g/mol. The molecule has 1 aromatic heterocycles. The summed E-state index contributed by atoms with van der Waals surface area (Å²) in [7, 11) is 1.33. The third-order valence-electron chi connectivity index (χ3n) is 4.68. The Morgan fingerprint density at radius 1 is 1.04 bits per heavy atom. The Hall–Kier alpha value is -3.22. The number of carbonyl (C=O) groups is 3. The fraction of sp³-hybridized carbons (Fsp3) is 0.263. The predicted octanol–water partition coefficient (Wildman–Crippen LogP) is 2.20. The summed E-state index contributed by atoms with van der Waals surface area (Å²) >= 11 is 0. The van der Waals surface area contributed by atoms with Gasteiger partial charge in [-0.05, 0) is 57.0 Å². The summed E-state index contributed by atoms with van der Waals surface area (Å²) in [6, 6.07) is 5.31.